The summed E-state index contributed by atoms with van der Waals surface area (Å²) in [6.07, 6.45) is 0. The molecule has 3 aromatic rings. The highest BCUT2D eigenvalue weighted by atomic mass is 35.5. The molecule has 2 atom stereocenters. The van der Waals surface area contributed by atoms with Gasteiger partial charge in [-0.15, -0.1) is 11.8 Å². The van der Waals surface area contributed by atoms with E-state index in [-0.39, 0.29) is 33.7 Å². The molecule has 2 aromatic carbocycles. The topological polar surface area (TPSA) is 100 Å². The van der Waals surface area contributed by atoms with Gasteiger partial charge < -0.3 is 4.74 Å². The van der Waals surface area contributed by atoms with Crippen molar-refractivity contribution in [2.45, 2.75) is 17.5 Å². The van der Waals surface area contributed by atoms with Gasteiger partial charge in [0.2, 0.25) is 5.95 Å². The summed E-state index contributed by atoms with van der Waals surface area (Å²) >= 11 is 7.46. The van der Waals surface area contributed by atoms with E-state index in [0.29, 0.717) is 16.3 Å². The minimum atomic E-state index is -0.520. The molecule has 1 fully saturated rings. The van der Waals surface area contributed by atoms with Crippen molar-refractivity contribution < 1.29 is 9.53 Å². The number of carbonyl (C=O) groups is 1. The van der Waals surface area contributed by atoms with Gasteiger partial charge in [-0.1, -0.05) is 35.9 Å². The molecule has 4 rings (SSSR count). The van der Waals surface area contributed by atoms with Crippen molar-refractivity contribution in [1.82, 2.24) is 14.6 Å². The van der Waals surface area contributed by atoms with Crippen LogP contribution in [0.25, 0.3) is 11.3 Å². The number of nitriles is 1. The first-order valence-corrected chi connectivity index (χ1v) is 11.3. The molecule has 1 saturated heterocycles. The van der Waals surface area contributed by atoms with E-state index in [1.165, 1.54) is 28.4 Å². The van der Waals surface area contributed by atoms with E-state index < -0.39 is 5.56 Å². The van der Waals surface area contributed by atoms with E-state index >= 15 is 0 Å². The molecule has 0 bridgehead atoms. The molecule has 1 amide bonds. The lowest BCUT2D eigenvalue weighted by Crippen LogP contribution is -2.38. The Kier molecular flexibility index (Phi) is 6.31. The van der Waals surface area contributed by atoms with E-state index in [0.717, 1.165) is 5.56 Å². The number of rotatable bonds is 5. The van der Waals surface area contributed by atoms with Crippen LogP contribution in [-0.4, -0.2) is 32.8 Å². The summed E-state index contributed by atoms with van der Waals surface area (Å²) in [6, 6.07) is 16.1. The van der Waals surface area contributed by atoms with Gasteiger partial charge in [-0.3, -0.25) is 19.6 Å². The number of ether oxygens (including phenoxy) is 1. The lowest BCUT2D eigenvalue weighted by atomic mass is 10.1. The van der Waals surface area contributed by atoms with Crippen LogP contribution in [0.5, 0.6) is 5.75 Å². The van der Waals surface area contributed by atoms with Crippen molar-refractivity contribution in [3.63, 3.8) is 0 Å². The predicted octanol–water partition coefficient (Wildman–Crippen LogP) is 3.97. The summed E-state index contributed by atoms with van der Waals surface area (Å²) in [7, 11) is 3.10. The fraction of sp³-hybridized carbons (Fsp3) is 0.217. The second kappa shape index (κ2) is 9.17. The molecule has 1 aliphatic heterocycles. The quantitative estimate of drug-likeness (QED) is 0.588. The maximum Gasteiger partial charge on any atom is 0.273 e. The van der Waals surface area contributed by atoms with Crippen LogP contribution in [0.1, 0.15) is 23.4 Å². The number of hydrazine groups is 1. The van der Waals surface area contributed by atoms with Gasteiger partial charge in [0.15, 0.2) is 0 Å². The molecule has 8 nitrogen and oxygen atoms in total. The highest BCUT2D eigenvalue weighted by Crippen LogP contribution is 2.43. The Morgan fingerprint density at radius 2 is 1.82 bits per heavy atom. The third-order valence-corrected chi connectivity index (χ3v) is 6.90. The Balaban J connectivity index is 1.76. The van der Waals surface area contributed by atoms with Crippen LogP contribution >= 0.6 is 23.4 Å². The van der Waals surface area contributed by atoms with Crippen LogP contribution in [0.15, 0.2) is 53.3 Å². The van der Waals surface area contributed by atoms with Gasteiger partial charge in [-0.05, 0) is 36.8 Å². The average Bonchev–Trinajstić information content (AvgIpc) is 3.11. The van der Waals surface area contributed by atoms with E-state index in [1.54, 1.807) is 31.4 Å². The molecule has 0 spiro atoms. The van der Waals surface area contributed by atoms with E-state index in [1.807, 2.05) is 37.3 Å². The van der Waals surface area contributed by atoms with Gasteiger partial charge in [0.1, 0.15) is 22.8 Å². The molecular formula is C23H20ClN5O3S. The maximum atomic E-state index is 13.0. The van der Waals surface area contributed by atoms with Crippen LogP contribution in [0.3, 0.4) is 0 Å². The fourth-order valence-electron chi connectivity index (χ4n) is 3.46. The molecule has 168 valence electrons. The molecule has 2 heterocycles. The molecule has 0 aliphatic carbocycles. The molecule has 0 radical (unpaired) electrons. The summed E-state index contributed by atoms with van der Waals surface area (Å²) in [6.45, 7) is 1.83. The molecule has 1 N–H and O–H groups in total. The number of nitrogens with one attached hydrogen (secondary N) is 1. The summed E-state index contributed by atoms with van der Waals surface area (Å²) in [5, 5.41) is 11.0. The Bertz CT molecular complexity index is 1300. The minimum Gasteiger partial charge on any atom is -0.497 e. The third kappa shape index (κ3) is 4.27. The van der Waals surface area contributed by atoms with Crippen LogP contribution in [-0.2, 0) is 11.8 Å². The van der Waals surface area contributed by atoms with Crippen molar-refractivity contribution in [2.24, 2.45) is 7.05 Å². The molecule has 10 heteroatoms. The Morgan fingerprint density at radius 1 is 1.15 bits per heavy atom. The van der Waals surface area contributed by atoms with Crippen LogP contribution < -0.4 is 15.7 Å². The van der Waals surface area contributed by atoms with E-state index in [4.69, 9.17) is 16.3 Å². The van der Waals surface area contributed by atoms with E-state index in [2.05, 4.69) is 10.4 Å². The molecule has 2 unspecified atom stereocenters. The predicted molar refractivity (Wildman–Crippen MR) is 128 cm³/mol. The lowest BCUT2D eigenvalue weighted by Gasteiger charge is -2.26. The maximum absolute atomic E-state index is 13.0. The second-order valence-electron chi connectivity index (χ2n) is 7.37. The summed E-state index contributed by atoms with van der Waals surface area (Å²) in [4.78, 5) is 30.4. The van der Waals surface area contributed by atoms with Gasteiger partial charge in [0.05, 0.1) is 18.1 Å². The summed E-state index contributed by atoms with van der Waals surface area (Å²) in [5.74, 6) is 0.711. The van der Waals surface area contributed by atoms with Crippen molar-refractivity contribution in [1.29, 1.82) is 5.26 Å². The van der Waals surface area contributed by atoms with Crippen molar-refractivity contribution >= 4 is 35.2 Å². The molecule has 33 heavy (non-hydrogen) atoms. The van der Waals surface area contributed by atoms with Crippen LogP contribution in [0.2, 0.25) is 5.02 Å². The number of anilines is 1. The van der Waals surface area contributed by atoms with Crippen LogP contribution in [0, 0.1) is 11.3 Å². The normalized spacial score (nSPS) is 17.7. The first-order valence-electron chi connectivity index (χ1n) is 10.00. The Hall–Kier alpha value is -3.48. The van der Waals surface area contributed by atoms with Gasteiger partial charge in [0, 0.05) is 17.6 Å². The number of hydrogen-bond donors (Lipinski definition) is 1. The SMILES string of the molecule is COc1ccc(C2SC(C)C(=O)N2Nc2nc(-c3ccc(Cl)cc3)c(C#N)c(=O)n2C)cc1. The number of halogens is 1. The first kappa shape index (κ1) is 22.7. The fourth-order valence-corrected chi connectivity index (χ4v) is 4.80. The third-order valence-electron chi connectivity index (χ3n) is 5.29. The second-order valence-corrected chi connectivity index (χ2v) is 9.23. The number of thioether (sulfide) groups is 1. The zero-order valence-corrected chi connectivity index (χ0v) is 19.6. The monoisotopic (exact) mass is 481 g/mol. The Labute approximate surface area is 199 Å². The number of carbonyl (C=O) groups excluding carboxylic acids is 1. The number of amides is 1. The van der Waals surface area contributed by atoms with Crippen molar-refractivity contribution in [3.8, 4) is 23.1 Å². The molecule has 1 aromatic heterocycles. The highest BCUT2D eigenvalue weighted by molar-refractivity contribution is 8.01. The number of nitrogens with zero attached hydrogens (tertiary/aromatic N) is 4. The summed E-state index contributed by atoms with van der Waals surface area (Å²) in [5.41, 5.74) is 4.09. The molecule has 1 aliphatic rings. The zero-order chi connectivity index (χ0) is 23.7. The van der Waals surface area contributed by atoms with Crippen molar-refractivity contribution in [2.75, 3.05) is 12.5 Å². The first-order chi connectivity index (χ1) is 15.8. The number of methoxy groups -OCH3 is 1. The Morgan fingerprint density at radius 3 is 2.42 bits per heavy atom. The average molecular weight is 482 g/mol. The minimum absolute atomic E-state index is 0.0902. The van der Waals surface area contributed by atoms with Crippen molar-refractivity contribution in [3.05, 3.63) is 75.0 Å². The van der Waals surface area contributed by atoms with Gasteiger partial charge >= 0.3 is 0 Å². The summed E-state index contributed by atoms with van der Waals surface area (Å²) < 4.78 is 6.45. The standard InChI is InChI=1S/C23H20ClN5O3S/c1-13-20(30)29(22(33-13)15-6-10-17(32-3)11-7-15)27-23-26-19(14-4-8-16(24)9-5-14)18(12-25)21(31)28(23)2/h4-11,13,22H,1-3H3,(H,26,27). The molecular weight excluding hydrogens is 462 g/mol. The van der Waals surface area contributed by atoms with Gasteiger partial charge in [-0.25, -0.2) is 9.99 Å². The van der Waals surface area contributed by atoms with E-state index in [9.17, 15) is 14.9 Å². The lowest BCUT2D eigenvalue weighted by molar-refractivity contribution is -0.128. The largest absolute Gasteiger partial charge is 0.497 e. The zero-order valence-electron chi connectivity index (χ0n) is 18.1. The number of aromatic nitrogens is 2. The smallest absolute Gasteiger partial charge is 0.273 e. The number of hydrogen-bond acceptors (Lipinski definition) is 7. The van der Waals surface area contributed by atoms with Gasteiger partial charge in [0.25, 0.3) is 11.5 Å². The molecule has 0 saturated carbocycles. The highest BCUT2D eigenvalue weighted by Gasteiger charge is 2.39. The number of benzene rings is 2. The van der Waals surface area contributed by atoms with Gasteiger partial charge in [-0.2, -0.15) is 5.26 Å². The van der Waals surface area contributed by atoms with Crippen LogP contribution in [0.4, 0.5) is 5.95 Å².